The van der Waals surface area contributed by atoms with Crippen LogP contribution in [-0.4, -0.2) is 51.5 Å². The molecule has 3 heterocycles. The summed E-state index contributed by atoms with van der Waals surface area (Å²) in [6, 6.07) is 7.28. The van der Waals surface area contributed by atoms with Gasteiger partial charge in [-0.25, -0.2) is 9.78 Å². The van der Waals surface area contributed by atoms with Gasteiger partial charge in [-0.15, -0.1) is 0 Å². The van der Waals surface area contributed by atoms with E-state index in [1.165, 1.54) is 0 Å². The fourth-order valence-corrected chi connectivity index (χ4v) is 2.43. The maximum absolute atomic E-state index is 12.3. The lowest BCUT2D eigenvalue weighted by Gasteiger charge is -2.32. The molecule has 7 nitrogen and oxygen atoms in total. The Morgan fingerprint density at radius 3 is 3.14 bits per heavy atom. The lowest BCUT2D eigenvalue weighted by Crippen LogP contribution is -2.48. The van der Waals surface area contributed by atoms with Crippen LogP contribution in [0, 0.1) is 6.92 Å². The summed E-state index contributed by atoms with van der Waals surface area (Å²) in [5.41, 5.74) is 0.872. The van der Waals surface area contributed by atoms with Gasteiger partial charge in [0.05, 0.1) is 25.8 Å². The van der Waals surface area contributed by atoms with Crippen LogP contribution < -0.4 is 5.32 Å². The third kappa shape index (κ3) is 3.62. The Morgan fingerprint density at radius 2 is 2.36 bits per heavy atom. The average molecular weight is 301 g/mol. The summed E-state index contributed by atoms with van der Waals surface area (Å²) in [7, 11) is 0. The number of aryl methyl sites for hydroxylation is 1. The number of nitrogens with zero attached hydrogens (tertiary/aromatic N) is 4. The third-order valence-corrected chi connectivity index (χ3v) is 3.50. The summed E-state index contributed by atoms with van der Waals surface area (Å²) >= 11 is 0. The largest absolute Gasteiger partial charge is 0.373 e. The Hall–Kier alpha value is -2.41. The molecular formula is C15H19N5O2. The number of aromatic nitrogens is 3. The molecule has 3 rings (SSSR count). The van der Waals surface area contributed by atoms with Crippen molar-refractivity contribution in [3.05, 3.63) is 42.4 Å². The first kappa shape index (κ1) is 14.5. The molecule has 1 atom stereocenters. The van der Waals surface area contributed by atoms with Gasteiger partial charge in [0, 0.05) is 24.6 Å². The first-order valence-electron chi connectivity index (χ1n) is 7.29. The minimum absolute atomic E-state index is 0.0510. The van der Waals surface area contributed by atoms with Crippen LogP contribution in [0.2, 0.25) is 0 Å². The maximum Gasteiger partial charge on any atom is 0.323 e. The van der Waals surface area contributed by atoms with Crippen LogP contribution in [-0.2, 0) is 11.3 Å². The van der Waals surface area contributed by atoms with E-state index < -0.39 is 0 Å². The van der Waals surface area contributed by atoms with E-state index >= 15 is 0 Å². The van der Waals surface area contributed by atoms with E-state index in [-0.39, 0.29) is 12.1 Å². The Balaban J connectivity index is 1.58. The predicted molar refractivity (Wildman–Crippen MR) is 81.5 cm³/mol. The molecule has 1 saturated heterocycles. The van der Waals surface area contributed by atoms with Crippen LogP contribution in [0.4, 0.5) is 10.6 Å². The van der Waals surface area contributed by atoms with Crippen molar-refractivity contribution in [2.24, 2.45) is 0 Å². The van der Waals surface area contributed by atoms with Gasteiger partial charge in [-0.1, -0.05) is 6.07 Å². The topological polar surface area (TPSA) is 72.3 Å². The number of urea groups is 1. The van der Waals surface area contributed by atoms with Crippen LogP contribution in [0.25, 0.3) is 0 Å². The van der Waals surface area contributed by atoms with E-state index in [4.69, 9.17) is 4.74 Å². The number of hydrogen-bond donors (Lipinski definition) is 1. The lowest BCUT2D eigenvalue weighted by atomic mass is 10.3. The normalized spacial score (nSPS) is 18.2. The minimum atomic E-state index is -0.146. The van der Waals surface area contributed by atoms with Crippen LogP contribution in [0.1, 0.15) is 5.69 Å². The number of morpholine rings is 1. The molecule has 0 radical (unpaired) electrons. The average Bonchev–Trinajstić information content (AvgIpc) is 3.00. The number of carbonyl (C=O) groups is 1. The van der Waals surface area contributed by atoms with Crippen molar-refractivity contribution in [1.29, 1.82) is 0 Å². The highest BCUT2D eigenvalue weighted by Gasteiger charge is 2.24. The van der Waals surface area contributed by atoms with Crippen LogP contribution in [0.3, 0.4) is 0 Å². The molecule has 22 heavy (non-hydrogen) atoms. The summed E-state index contributed by atoms with van der Waals surface area (Å²) < 4.78 is 7.52. The first-order valence-corrected chi connectivity index (χ1v) is 7.29. The number of hydrogen-bond acceptors (Lipinski definition) is 4. The molecule has 2 amide bonds. The van der Waals surface area contributed by atoms with E-state index in [2.05, 4.69) is 15.4 Å². The van der Waals surface area contributed by atoms with Gasteiger partial charge in [0.25, 0.3) is 0 Å². The number of nitrogens with one attached hydrogen (secondary N) is 1. The van der Waals surface area contributed by atoms with Gasteiger partial charge in [0.1, 0.15) is 5.82 Å². The molecule has 2 aromatic rings. The number of anilines is 1. The second-order valence-electron chi connectivity index (χ2n) is 5.26. The van der Waals surface area contributed by atoms with Gasteiger partial charge in [0.2, 0.25) is 0 Å². The number of carbonyl (C=O) groups excluding carboxylic acids is 1. The zero-order valence-electron chi connectivity index (χ0n) is 12.5. The van der Waals surface area contributed by atoms with Crippen molar-refractivity contribution in [3.8, 4) is 0 Å². The quantitative estimate of drug-likeness (QED) is 0.933. The summed E-state index contributed by atoms with van der Waals surface area (Å²) in [6.45, 7) is 4.18. The summed E-state index contributed by atoms with van der Waals surface area (Å²) in [5.74, 6) is 0.570. The summed E-state index contributed by atoms with van der Waals surface area (Å²) in [5, 5.41) is 7.00. The van der Waals surface area contributed by atoms with E-state index in [0.29, 0.717) is 32.1 Å². The van der Waals surface area contributed by atoms with Crippen molar-refractivity contribution in [1.82, 2.24) is 19.7 Å². The van der Waals surface area contributed by atoms with Crippen LogP contribution >= 0.6 is 0 Å². The lowest BCUT2D eigenvalue weighted by molar-refractivity contribution is -0.0219. The minimum Gasteiger partial charge on any atom is -0.373 e. The number of ether oxygens (including phenoxy) is 1. The summed E-state index contributed by atoms with van der Waals surface area (Å²) in [4.78, 5) is 18.4. The highest BCUT2D eigenvalue weighted by atomic mass is 16.5. The molecule has 1 N–H and O–H groups in total. The molecule has 0 aromatic carbocycles. The smallest absolute Gasteiger partial charge is 0.323 e. The second kappa shape index (κ2) is 6.57. The first-order chi connectivity index (χ1) is 10.7. The van der Waals surface area contributed by atoms with Gasteiger partial charge < -0.3 is 9.64 Å². The molecule has 2 aromatic heterocycles. The molecule has 1 aliphatic rings. The molecule has 0 spiro atoms. The molecule has 0 bridgehead atoms. The Kier molecular flexibility index (Phi) is 4.34. The number of pyridine rings is 1. The molecule has 1 aliphatic heterocycles. The zero-order chi connectivity index (χ0) is 15.4. The third-order valence-electron chi connectivity index (χ3n) is 3.50. The highest BCUT2D eigenvalue weighted by Crippen LogP contribution is 2.10. The van der Waals surface area contributed by atoms with E-state index in [9.17, 15) is 4.79 Å². The second-order valence-corrected chi connectivity index (χ2v) is 5.26. The van der Waals surface area contributed by atoms with Crippen LogP contribution in [0.15, 0.2) is 36.7 Å². The van der Waals surface area contributed by atoms with Crippen molar-refractivity contribution < 1.29 is 9.53 Å². The maximum atomic E-state index is 12.3. The van der Waals surface area contributed by atoms with Gasteiger partial charge in [-0.05, 0) is 25.1 Å². The fraction of sp³-hybridized carbons (Fsp3) is 0.400. The van der Waals surface area contributed by atoms with Crippen LogP contribution in [0.5, 0.6) is 0 Å². The Labute approximate surface area is 128 Å². The van der Waals surface area contributed by atoms with E-state index in [1.807, 2.05) is 36.0 Å². The van der Waals surface area contributed by atoms with Gasteiger partial charge >= 0.3 is 6.03 Å². The number of rotatable bonds is 3. The van der Waals surface area contributed by atoms with Crippen molar-refractivity contribution >= 4 is 11.8 Å². The Bertz CT molecular complexity index is 629. The molecule has 1 fully saturated rings. The monoisotopic (exact) mass is 301 g/mol. The van der Waals surface area contributed by atoms with Gasteiger partial charge in [0.15, 0.2) is 0 Å². The van der Waals surface area contributed by atoms with E-state index in [0.717, 1.165) is 5.69 Å². The fourth-order valence-electron chi connectivity index (χ4n) is 2.43. The van der Waals surface area contributed by atoms with Crippen molar-refractivity contribution in [3.63, 3.8) is 0 Å². The Morgan fingerprint density at radius 1 is 1.45 bits per heavy atom. The molecule has 7 heteroatoms. The molecule has 0 aliphatic carbocycles. The van der Waals surface area contributed by atoms with Gasteiger partial charge in [-0.3, -0.25) is 10.00 Å². The van der Waals surface area contributed by atoms with Crippen molar-refractivity contribution in [2.75, 3.05) is 25.0 Å². The number of amides is 2. The van der Waals surface area contributed by atoms with E-state index in [1.54, 1.807) is 17.2 Å². The predicted octanol–water partition coefficient (Wildman–Crippen LogP) is 1.52. The molecule has 116 valence electrons. The van der Waals surface area contributed by atoms with Crippen molar-refractivity contribution in [2.45, 2.75) is 19.6 Å². The standard InChI is InChI=1S/C15H19N5O2/c1-12-4-2-5-14(17-12)18-15(21)19-8-9-22-13(10-19)11-20-7-3-6-16-20/h2-7,13H,8-11H2,1H3,(H,17,18,21). The zero-order valence-corrected chi connectivity index (χ0v) is 12.5. The molecule has 1 unspecified atom stereocenters. The molecule has 0 saturated carbocycles. The molecular weight excluding hydrogens is 282 g/mol. The SMILES string of the molecule is Cc1cccc(NC(=O)N2CCOC(Cn3cccn3)C2)n1. The summed E-state index contributed by atoms with van der Waals surface area (Å²) in [6.07, 6.45) is 3.57. The van der Waals surface area contributed by atoms with Gasteiger partial charge in [-0.2, -0.15) is 5.10 Å². The highest BCUT2D eigenvalue weighted by molar-refractivity contribution is 5.88.